The molecule has 0 aliphatic carbocycles. The van der Waals surface area contributed by atoms with Crippen molar-refractivity contribution in [2.45, 2.75) is 59.5 Å². The van der Waals surface area contributed by atoms with Crippen molar-refractivity contribution >= 4 is 11.9 Å². The number of aromatic nitrogens is 2. The molecular formula is C15H25N3O3. The number of hydrogen-bond donors (Lipinski definition) is 1. The first-order valence-electron chi connectivity index (χ1n) is 7.17. The van der Waals surface area contributed by atoms with Crippen molar-refractivity contribution in [3.05, 3.63) is 17.5 Å². The van der Waals surface area contributed by atoms with E-state index in [1.165, 1.54) is 4.90 Å². The number of rotatable bonds is 5. The van der Waals surface area contributed by atoms with Gasteiger partial charge in [0.15, 0.2) is 5.69 Å². The molecule has 0 saturated carbocycles. The van der Waals surface area contributed by atoms with Gasteiger partial charge in [-0.15, -0.1) is 0 Å². The summed E-state index contributed by atoms with van der Waals surface area (Å²) in [5.74, 6) is -1.35. The molecule has 118 valence electrons. The summed E-state index contributed by atoms with van der Waals surface area (Å²) in [5.41, 5.74) is 0.950. The third-order valence-corrected chi connectivity index (χ3v) is 3.43. The maximum Gasteiger partial charge on any atom is 0.323 e. The first-order chi connectivity index (χ1) is 9.57. The van der Waals surface area contributed by atoms with Gasteiger partial charge < -0.3 is 10.0 Å². The van der Waals surface area contributed by atoms with E-state index in [1.807, 2.05) is 41.5 Å². The number of carboxylic acid groups (broad SMARTS) is 1. The molecule has 1 aromatic rings. The molecule has 0 saturated heterocycles. The van der Waals surface area contributed by atoms with Crippen LogP contribution < -0.4 is 0 Å². The minimum absolute atomic E-state index is 0.145. The van der Waals surface area contributed by atoms with Crippen LogP contribution in [-0.2, 0) is 10.3 Å². The Morgan fingerprint density at radius 2 is 2.00 bits per heavy atom. The van der Waals surface area contributed by atoms with Crippen LogP contribution >= 0.6 is 0 Å². The first-order valence-corrected chi connectivity index (χ1v) is 7.17. The number of aliphatic carboxylic acids is 1. The summed E-state index contributed by atoms with van der Waals surface area (Å²) in [5, 5.41) is 13.4. The van der Waals surface area contributed by atoms with E-state index in [1.54, 1.807) is 10.7 Å². The summed E-state index contributed by atoms with van der Waals surface area (Å²) >= 11 is 0. The monoisotopic (exact) mass is 295 g/mol. The fourth-order valence-electron chi connectivity index (χ4n) is 2.20. The van der Waals surface area contributed by atoms with Gasteiger partial charge in [0.25, 0.3) is 5.91 Å². The Kier molecular flexibility index (Phi) is 5.15. The highest BCUT2D eigenvalue weighted by atomic mass is 16.4. The third kappa shape index (κ3) is 4.06. The fourth-order valence-corrected chi connectivity index (χ4v) is 2.20. The van der Waals surface area contributed by atoms with Crippen molar-refractivity contribution in [3.8, 4) is 0 Å². The molecule has 0 aromatic carbocycles. The largest absolute Gasteiger partial charge is 0.480 e. The van der Waals surface area contributed by atoms with E-state index >= 15 is 0 Å². The maximum atomic E-state index is 12.6. The molecule has 0 aliphatic rings. The molecule has 6 heteroatoms. The second kappa shape index (κ2) is 6.28. The lowest BCUT2D eigenvalue weighted by Crippen LogP contribution is -2.42. The van der Waals surface area contributed by atoms with Gasteiger partial charge in [-0.3, -0.25) is 14.3 Å². The summed E-state index contributed by atoms with van der Waals surface area (Å²) in [7, 11) is 0. The van der Waals surface area contributed by atoms with Gasteiger partial charge in [-0.05, 0) is 47.1 Å². The predicted octanol–water partition coefficient (Wildman–Crippen LogP) is 2.27. The Morgan fingerprint density at radius 1 is 1.43 bits per heavy atom. The van der Waals surface area contributed by atoms with Crippen LogP contribution in [0, 0.1) is 6.92 Å². The van der Waals surface area contributed by atoms with Crippen LogP contribution in [0.25, 0.3) is 0 Å². The van der Waals surface area contributed by atoms with Gasteiger partial charge in [-0.2, -0.15) is 5.10 Å². The van der Waals surface area contributed by atoms with Crippen LogP contribution in [0.5, 0.6) is 0 Å². The van der Waals surface area contributed by atoms with E-state index in [0.717, 1.165) is 5.69 Å². The van der Waals surface area contributed by atoms with Gasteiger partial charge in [0.1, 0.15) is 6.54 Å². The van der Waals surface area contributed by atoms with Crippen molar-refractivity contribution in [1.29, 1.82) is 0 Å². The molecule has 0 spiro atoms. The molecule has 0 bridgehead atoms. The van der Waals surface area contributed by atoms with Crippen molar-refractivity contribution < 1.29 is 14.7 Å². The quantitative estimate of drug-likeness (QED) is 0.904. The van der Waals surface area contributed by atoms with Crippen LogP contribution in [0.1, 0.15) is 57.2 Å². The van der Waals surface area contributed by atoms with Gasteiger partial charge in [0.05, 0.1) is 5.54 Å². The van der Waals surface area contributed by atoms with Gasteiger partial charge in [-0.25, -0.2) is 0 Å². The van der Waals surface area contributed by atoms with Crippen molar-refractivity contribution in [3.63, 3.8) is 0 Å². The van der Waals surface area contributed by atoms with Crippen molar-refractivity contribution in [1.82, 2.24) is 14.7 Å². The lowest BCUT2D eigenvalue weighted by molar-refractivity contribution is -0.138. The molecule has 0 unspecified atom stereocenters. The number of aryl methyl sites for hydroxylation is 1. The van der Waals surface area contributed by atoms with Gasteiger partial charge in [0.2, 0.25) is 0 Å². The Hall–Kier alpha value is -1.85. The van der Waals surface area contributed by atoms with E-state index in [9.17, 15) is 9.59 Å². The molecular weight excluding hydrogens is 270 g/mol. The number of carbonyl (C=O) groups excluding carboxylic acids is 1. The molecule has 1 N–H and O–H groups in total. The van der Waals surface area contributed by atoms with E-state index < -0.39 is 5.97 Å². The topological polar surface area (TPSA) is 75.4 Å². The summed E-state index contributed by atoms with van der Waals surface area (Å²) < 4.78 is 1.79. The van der Waals surface area contributed by atoms with Crippen LogP contribution in [0.4, 0.5) is 0 Å². The zero-order valence-corrected chi connectivity index (χ0v) is 13.7. The number of amides is 1. The minimum atomic E-state index is -1.02. The summed E-state index contributed by atoms with van der Waals surface area (Å²) in [4.78, 5) is 24.9. The SMILES string of the molecule is CC[C@@H](C)N(CC(=O)O)C(=O)c1cc(C)n(C(C)(C)C)n1. The van der Waals surface area contributed by atoms with Crippen molar-refractivity contribution in [2.24, 2.45) is 0 Å². The van der Waals surface area contributed by atoms with Gasteiger partial charge >= 0.3 is 5.97 Å². The van der Waals surface area contributed by atoms with Gasteiger partial charge in [-0.1, -0.05) is 6.92 Å². The predicted molar refractivity (Wildman–Crippen MR) is 80.4 cm³/mol. The molecule has 21 heavy (non-hydrogen) atoms. The molecule has 0 radical (unpaired) electrons. The summed E-state index contributed by atoms with van der Waals surface area (Å²) in [6.45, 7) is 11.4. The van der Waals surface area contributed by atoms with Crippen LogP contribution in [0.3, 0.4) is 0 Å². The van der Waals surface area contributed by atoms with Crippen LogP contribution in [0.15, 0.2) is 6.07 Å². The average molecular weight is 295 g/mol. The second-order valence-electron chi connectivity index (χ2n) is 6.34. The Balaban J connectivity index is 3.12. The van der Waals surface area contributed by atoms with E-state index in [2.05, 4.69) is 5.10 Å². The van der Waals surface area contributed by atoms with Gasteiger partial charge in [0, 0.05) is 11.7 Å². The molecule has 1 atom stereocenters. The molecule has 1 rings (SSSR count). The number of nitrogens with zero attached hydrogens (tertiary/aromatic N) is 3. The fraction of sp³-hybridized carbons (Fsp3) is 0.667. The second-order valence-corrected chi connectivity index (χ2v) is 6.34. The Morgan fingerprint density at radius 3 is 2.38 bits per heavy atom. The molecule has 1 heterocycles. The number of carbonyl (C=O) groups is 2. The Labute approximate surface area is 125 Å². The standard InChI is InChI=1S/C15H25N3O3/c1-7-10(2)17(9-13(19)20)14(21)12-8-11(3)18(16-12)15(4,5)6/h8,10H,7,9H2,1-6H3,(H,19,20)/t10-/m1/s1. The third-order valence-electron chi connectivity index (χ3n) is 3.43. The number of hydrogen-bond acceptors (Lipinski definition) is 3. The molecule has 0 aliphatic heterocycles. The zero-order valence-electron chi connectivity index (χ0n) is 13.7. The Bertz CT molecular complexity index is 529. The highest BCUT2D eigenvalue weighted by Gasteiger charge is 2.27. The lowest BCUT2D eigenvalue weighted by Gasteiger charge is -2.26. The van der Waals surface area contributed by atoms with Crippen molar-refractivity contribution in [2.75, 3.05) is 6.54 Å². The average Bonchev–Trinajstić information content (AvgIpc) is 2.76. The molecule has 0 fully saturated rings. The van der Waals surface area contributed by atoms with Crippen LogP contribution in [-0.4, -0.2) is 44.3 Å². The van der Waals surface area contributed by atoms with Crippen LogP contribution in [0.2, 0.25) is 0 Å². The highest BCUT2D eigenvalue weighted by molar-refractivity contribution is 5.94. The van der Waals surface area contributed by atoms with E-state index in [0.29, 0.717) is 12.1 Å². The minimum Gasteiger partial charge on any atom is -0.480 e. The van der Waals surface area contributed by atoms with E-state index in [-0.39, 0.29) is 24.0 Å². The highest BCUT2D eigenvalue weighted by Crippen LogP contribution is 2.18. The van der Waals surface area contributed by atoms with E-state index in [4.69, 9.17) is 5.11 Å². The maximum absolute atomic E-state index is 12.6. The smallest absolute Gasteiger partial charge is 0.323 e. The lowest BCUT2D eigenvalue weighted by atomic mass is 10.1. The zero-order chi connectivity index (χ0) is 16.4. The first kappa shape index (κ1) is 17.2. The molecule has 1 amide bonds. The molecule has 6 nitrogen and oxygen atoms in total. The summed E-state index contributed by atoms with van der Waals surface area (Å²) in [6.07, 6.45) is 0.692. The summed E-state index contributed by atoms with van der Waals surface area (Å²) in [6, 6.07) is 1.57. The molecule has 1 aromatic heterocycles. The normalized spacial score (nSPS) is 13.0. The number of carboxylic acids is 1.